The molecule has 0 unspecified atom stereocenters. The van der Waals surface area contributed by atoms with E-state index in [1.807, 2.05) is 0 Å². The fourth-order valence-electron chi connectivity index (χ4n) is 6.99. The number of hydrogen-bond acceptors (Lipinski definition) is 1. The van der Waals surface area contributed by atoms with Crippen molar-refractivity contribution < 1.29 is 8.98 Å². The summed E-state index contributed by atoms with van der Waals surface area (Å²) in [6.45, 7) is 9.15. The standard InChI is InChI=1S/C39H33N2O/c1-24-25-14-6-7-15-26(25)31(39(2,3)4)22-30(24)37-38-36(29-18-10-13-21-35(29)42-38)34(23-40(37)5)41-32-19-11-8-16-27(32)28-17-9-12-20-33(28)41/h6-23H,1-5H3/q+1. The Labute approximate surface area is 245 Å². The van der Waals surface area contributed by atoms with Crippen LogP contribution in [0.2, 0.25) is 0 Å². The smallest absolute Gasteiger partial charge is 0.256 e. The summed E-state index contributed by atoms with van der Waals surface area (Å²) in [6.07, 6.45) is 2.30. The predicted molar refractivity (Wildman–Crippen MR) is 176 cm³/mol. The third-order valence-electron chi connectivity index (χ3n) is 8.93. The molecular weight excluding hydrogens is 512 g/mol. The Balaban J connectivity index is 1.56. The molecule has 0 amide bonds. The molecule has 0 N–H and O–H groups in total. The zero-order chi connectivity index (χ0) is 28.7. The Morgan fingerprint density at radius 3 is 1.86 bits per heavy atom. The van der Waals surface area contributed by atoms with E-state index >= 15 is 0 Å². The van der Waals surface area contributed by atoms with E-state index in [9.17, 15) is 0 Å². The van der Waals surface area contributed by atoms with E-state index in [4.69, 9.17) is 4.42 Å². The number of furan rings is 1. The molecule has 3 heteroatoms. The topological polar surface area (TPSA) is 21.9 Å². The first-order chi connectivity index (χ1) is 20.3. The maximum Gasteiger partial charge on any atom is 0.256 e. The highest BCUT2D eigenvalue weighted by Gasteiger charge is 2.30. The minimum atomic E-state index is -0.0173. The minimum Gasteiger partial charge on any atom is -0.449 e. The lowest BCUT2D eigenvalue weighted by atomic mass is 9.80. The van der Waals surface area contributed by atoms with Crippen molar-refractivity contribution in [2.75, 3.05) is 0 Å². The average Bonchev–Trinajstić information content (AvgIpc) is 3.53. The molecular formula is C39H33N2O+. The highest BCUT2D eigenvalue weighted by Crippen LogP contribution is 2.43. The summed E-state index contributed by atoms with van der Waals surface area (Å²) in [6, 6.07) is 37.1. The van der Waals surface area contributed by atoms with Crippen molar-refractivity contribution in [3.05, 3.63) is 120 Å². The van der Waals surface area contributed by atoms with Gasteiger partial charge < -0.3 is 8.98 Å². The van der Waals surface area contributed by atoms with Crippen molar-refractivity contribution >= 4 is 54.5 Å². The Hall–Kier alpha value is -4.89. The Morgan fingerprint density at radius 1 is 0.667 bits per heavy atom. The van der Waals surface area contributed by atoms with Gasteiger partial charge in [-0.3, -0.25) is 0 Å². The molecule has 0 atom stereocenters. The number of aromatic nitrogens is 2. The second-order valence-corrected chi connectivity index (χ2v) is 12.5. The highest BCUT2D eigenvalue weighted by molar-refractivity contribution is 6.16. The molecule has 0 spiro atoms. The van der Waals surface area contributed by atoms with Gasteiger partial charge in [-0.15, -0.1) is 0 Å². The number of benzene rings is 5. The summed E-state index contributed by atoms with van der Waals surface area (Å²) in [7, 11) is 2.16. The Kier molecular flexibility index (Phi) is 5.21. The molecule has 0 bridgehead atoms. The van der Waals surface area contributed by atoms with E-state index in [2.05, 4.69) is 153 Å². The zero-order valence-corrected chi connectivity index (χ0v) is 24.7. The molecule has 204 valence electrons. The van der Waals surface area contributed by atoms with Crippen LogP contribution in [0.1, 0.15) is 31.9 Å². The number of para-hydroxylation sites is 3. The van der Waals surface area contributed by atoms with Gasteiger partial charge >= 0.3 is 0 Å². The van der Waals surface area contributed by atoms with Crippen molar-refractivity contribution in [3.8, 4) is 16.9 Å². The van der Waals surface area contributed by atoms with E-state index in [-0.39, 0.29) is 5.41 Å². The van der Waals surface area contributed by atoms with Crippen LogP contribution in [-0.4, -0.2) is 4.57 Å². The third kappa shape index (κ3) is 3.43. The van der Waals surface area contributed by atoms with Crippen LogP contribution < -0.4 is 4.57 Å². The second-order valence-electron chi connectivity index (χ2n) is 12.5. The van der Waals surface area contributed by atoms with Gasteiger partial charge in [-0.25, -0.2) is 0 Å². The van der Waals surface area contributed by atoms with Gasteiger partial charge in [0, 0.05) is 16.2 Å². The van der Waals surface area contributed by atoms with Crippen molar-refractivity contribution in [3.63, 3.8) is 0 Å². The largest absolute Gasteiger partial charge is 0.449 e. The maximum atomic E-state index is 6.84. The molecule has 8 aromatic rings. The number of aryl methyl sites for hydroxylation is 2. The fourth-order valence-corrected chi connectivity index (χ4v) is 6.99. The summed E-state index contributed by atoms with van der Waals surface area (Å²) in [5.41, 5.74) is 10.2. The second kappa shape index (κ2) is 8.80. The fraction of sp³-hybridized carbons (Fsp3) is 0.154. The van der Waals surface area contributed by atoms with Crippen LogP contribution in [-0.2, 0) is 12.5 Å². The molecule has 3 nitrogen and oxygen atoms in total. The van der Waals surface area contributed by atoms with Crippen LogP contribution in [0.15, 0.2) is 114 Å². The number of hydrogen-bond donors (Lipinski definition) is 0. The lowest BCUT2D eigenvalue weighted by molar-refractivity contribution is -0.659. The molecule has 5 aromatic carbocycles. The van der Waals surface area contributed by atoms with Crippen LogP contribution in [0.4, 0.5) is 0 Å². The quantitative estimate of drug-likeness (QED) is 0.198. The molecule has 0 saturated carbocycles. The third-order valence-corrected chi connectivity index (χ3v) is 8.93. The van der Waals surface area contributed by atoms with Crippen molar-refractivity contribution in [1.82, 2.24) is 4.57 Å². The van der Waals surface area contributed by atoms with Gasteiger partial charge in [-0.2, -0.15) is 4.57 Å². The maximum absolute atomic E-state index is 6.84. The average molecular weight is 546 g/mol. The van der Waals surface area contributed by atoms with Crippen LogP contribution in [0.3, 0.4) is 0 Å². The predicted octanol–water partition coefficient (Wildman–Crippen LogP) is 9.93. The van der Waals surface area contributed by atoms with Gasteiger partial charge in [0.15, 0.2) is 6.20 Å². The van der Waals surface area contributed by atoms with Gasteiger partial charge in [0.1, 0.15) is 18.3 Å². The molecule has 0 fully saturated rings. The van der Waals surface area contributed by atoms with Crippen LogP contribution >= 0.6 is 0 Å². The van der Waals surface area contributed by atoms with Crippen LogP contribution in [0.25, 0.3) is 71.5 Å². The lowest BCUT2D eigenvalue weighted by Gasteiger charge is -2.24. The minimum absolute atomic E-state index is 0.0173. The van der Waals surface area contributed by atoms with E-state index in [1.54, 1.807) is 0 Å². The zero-order valence-electron chi connectivity index (χ0n) is 24.7. The summed E-state index contributed by atoms with van der Waals surface area (Å²) < 4.78 is 11.5. The molecule has 0 saturated heterocycles. The molecule has 0 aliphatic heterocycles. The van der Waals surface area contributed by atoms with Crippen molar-refractivity contribution in [2.24, 2.45) is 7.05 Å². The van der Waals surface area contributed by atoms with E-state index in [1.165, 1.54) is 49.3 Å². The molecule has 3 aromatic heterocycles. The summed E-state index contributed by atoms with van der Waals surface area (Å²) in [4.78, 5) is 0. The number of pyridine rings is 1. The normalized spacial score (nSPS) is 12.4. The Bertz CT molecular complexity index is 2310. The first-order valence-corrected chi connectivity index (χ1v) is 14.7. The van der Waals surface area contributed by atoms with E-state index < -0.39 is 0 Å². The van der Waals surface area contributed by atoms with Crippen molar-refractivity contribution in [2.45, 2.75) is 33.1 Å². The first-order valence-electron chi connectivity index (χ1n) is 14.7. The summed E-state index contributed by atoms with van der Waals surface area (Å²) in [5.74, 6) is 0. The lowest BCUT2D eigenvalue weighted by Crippen LogP contribution is -2.32. The van der Waals surface area contributed by atoms with Gasteiger partial charge in [-0.05, 0) is 58.5 Å². The van der Waals surface area contributed by atoms with Gasteiger partial charge in [0.05, 0.1) is 22.0 Å². The summed E-state index contributed by atoms with van der Waals surface area (Å²) in [5, 5.41) is 7.37. The first kappa shape index (κ1) is 24.9. The molecule has 8 rings (SSSR count). The monoisotopic (exact) mass is 545 g/mol. The number of fused-ring (bicyclic) bond motifs is 7. The molecule has 0 aliphatic carbocycles. The number of nitrogens with zero attached hydrogens (tertiary/aromatic N) is 2. The highest BCUT2D eigenvalue weighted by atomic mass is 16.3. The van der Waals surface area contributed by atoms with Gasteiger partial charge in [0.25, 0.3) is 5.69 Å². The molecule has 3 heterocycles. The number of rotatable bonds is 2. The van der Waals surface area contributed by atoms with Crippen molar-refractivity contribution in [1.29, 1.82) is 0 Å². The van der Waals surface area contributed by atoms with Gasteiger partial charge in [0.2, 0.25) is 5.58 Å². The van der Waals surface area contributed by atoms with Crippen LogP contribution in [0.5, 0.6) is 0 Å². The van der Waals surface area contributed by atoms with E-state index in [0.717, 1.165) is 33.3 Å². The van der Waals surface area contributed by atoms with Gasteiger partial charge in [-0.1, -0.05) is 99.6 Å². The molecule has 0 radical (unpaired) electrons. The van der Waals surface area contributed by atoms with Crippen LogP contribution in [0, 0.1) is 6.92 Å². The molecule has 0 aliphatic rings. The SMILES string of the molecule is Cc1c(-c2c3oc4ccccc4c3c(-n3c4ccccc4c4ccccc43)c[n+]2C)cc(C(C)(C)C)c2ccccc12. The van der Waals surface area contributed by atoms with E-state index in [0.29, 0.717) is 0 Å². The summed E-state index contributed by atoms with van der Waals surface area (Å²) >= 11 is 0. The molecule has 42 heavy (non-hydrogen) atoms. The Morgan fingerprint density at radius 2 is 1.21 bits per heavy atom.